The second-order valence-corrected chi connectivity index (χ2v) is 8.89. The maximum Gasteiger partial charge on any atom is 0.274 e. The van der Waals surface area contributed by atoms with Gasteiger partial charge in [-0.3, -0.25) is 4.79 Å². The maximum atomic E-state index is 12.7. The van der Waals surface area contributed by atoms with Crippen molar-refractivity contribution in [3.05, 3.63) is 88.2 Å². The summed E-state index contributed by atoms with van der Waals surface area (Å²) in [5, 5.41) is 3.13. The molecule has 3 rings (SSSR count). The van der Waals surface area contributed by atoms with Crippen LogP contribution in [0.2, 0.25) is 5.02 Å². The molecule has 0 bridgehead atoms. The Morgan fingerprint density at radius 2 is 1.75 bits per heavy atom. The van der Waals surface area contributed by atoms with Crippen molar-refractivity contribution in [2.24, 2.45) is 0 Å². The van der Waals surface area contributed by atoms with Crippen LogP contribution < -0.4 is 5.32 Å². The lowest BCUT2D eigenvalue weighted by Crippen LogP contribution is -2.14. The largest absolute Gasteiger partial charge is 0.321 e. The van der Waals surface area contributed by atoms with Crippen molar-refractivity contribution < 1.29 is 13.2 Å². The third kappa shape index (κ3) is 4.77. The Morgan fingerprint density at radius 1 is 1.04 bits per heavy atom. The summed E-state index contributed by atoms with van der Waals surface area (Å²) in [7, 11) is -3.57. The van der Waals surface area contributed by atoms with Crippen LogP contribution >= 0.6 is 11.6 Å². The van der Waals surface area contributed by atoms with E-state index in [0.29, 0.717) is 22.0 Å². The first kappa shape index (κ1) is 20.0. The highest BCUT2D eigenvalue weighted by Gasteiger charge is 2.17. The Kier molecular flexibility index (Phi) is 5.82. The molecule has 7 heteroatoms. The number of aromatic nitrogens is 1. The zero-order chi connectivity index (χ0) is 20.3. The summed E-state index contributed by atoms with van der Waals surface area (Å²) < 4.78 is 25.4. The minimum absolute atomic E-state index is 0.164. The van der Waals surface area contributed by atoms with Gasteiger partial charge in [-0.15, -0.1) is 0 Å². The first-order valence-corrected chi connectivity index (χ1v) is 10.6. The Morgan fingerprint density at radius 3 is 2.43 bits per heavy atom. The van der Waals surface area contributed by atoms with E-state index in [0.717, 1.165) is 11.3 Å². The van der Waals surface area contributed by atoms with Crippen LogP contribution in [0.5, 0.6) is 0 Å². The van der Waals surface area contributed by atoms with Gasteiger partial charge in [-0.2, -0.15) is 0 Å². The summed E-state index contributed by atoms with van der Waals surface area (Å²) in [6, 6.07) is 16.5. The minimum Gasteiger partial charge on any atom is -0.321 e. The monoisotopic (exact) mass is 414 g/mol. The quantitative estimate of drug-likeness (QED) is 0.663. The second kappa shape index (κ2) is 8.12. The Bertz CT molecular complexity index is 1130. The van der Waals surface area contributed by atoms with Crippen molar-refractivity contribution >= 4 is 33.0 Å². The molecule has 1 N–H and O–H groups in total. The fourth-order valence-electron chi connectivity index (χ4n) is 2.71. The topological polar surface area (TPSA) is 76.1 Å². The SMILES string of the molecule is Cc1ccc(Cl)c(CS(=O)(=O)c2ccc(NC(=O)c3cccc(C)n3)cc2)c1. The lowest BCUT2D eigenvalue weighted by atomic mass is 10.2. The van der Waals surface area contributed by atoms with Gasteiger partial charge >= 0.3 is 0 Å². The van der Waals surface area contributed by atoms with Crippen LogP contribution in [0.15, 0.2) is 65.6 Å². The number of hydrogen-bond donors (Lipinski definition) is 1. The van der Waals surface area contributed by atoms with Crippen LogP contribution in [0, 0.1) is 13.8 Å². The number of aryl methyl sites for hydroxylation is 2. The highest BCUT2D eigenvalue weighted by atomic mass is 35.5. The molecule has 0 aliphatic carbocycles. The Labute approximate surface area is 169 Å². The number of nitrogens with one attached hydrogen (secondary N) is 1. The lowest BCUT2D eigenvalue weighted by molar-refractivity contribution is 0.102. The zero-order valence-corrected chi connectivity index (χ0v) is 17.0. The van der Waals surface area contributed by atoms with Gasteiger partial charge in [0.15, 0.2) is 9.84 Å². The molecule has 1 heterocycles. The number of hydrogen-bond acceptors (Lipinski definition) is 4. The minimum atomic E-state index is -3.57. The number of sulfone groups is 1. The summed E-state index contributed by atoms with van der Waals surface area (Å²) in [4.78, 5) is 16.6. The first-order valence-electron chi connectivity index (χ1n) is 8.57. The Balaban J connectivity index is 1.76. The summed E-state index contributed by atoms with van der Waals surface area (Å²) in [5.41, 5.74) is 3.03. The molecular formula is C21H19ClN2O3S. The van der Waals surface area contributed by atoms with Gasteiger partial charge in [0.2, 0.25) is 0 Å². The average molecular weight is 415 g/mol. The predicted molar refractivity (Wildman–Crippen MR) is 110 cm³/mol. The number of amides is 1. The molecule has 0 saturated carbocycles. The molecule has 1 aromatic heterocycles. The van der Waals surface area contributed by atoms with Crippen LogP contribution in [-0.2, 0) is 15.6 Å². The molecular weight excluding hydrogens is 396 g/mol. The van der Waals surface area contributed by atoms with Crippen molar-refractivity contribution in [2.75, 3.05) is 5.32 Å². The number of anilines is 1. The molecule has 1 amide bonds. The zero-order valence-electron chi connectivity index (χ0n) is 15.4. The van der Waals surface area contributed by atoms with Gasteiger partial charge in [-0.05, 0) is 61.9 Å². The van der Waals surface area contributed by atoms with Crippen LogP contribution in [0.1, 0.15) is 27.3 Å². The van der Waals surface area contributed by atoms with Gasteiger partial charge < -0.3 is 5.32 Å². The fraction of sp³-hybridized carbons (Fsp3) is 0.143. The van der Waals surface area contributed by atoms with Crippen molar-refractivity contribution in [3.63, 3.8) is 0 Å². The number of carbonyl (C=O) groups is 1. The van der Waals surface area contributed by atoms with Gasteiger partial charge in [0.1, 0.15) is 5.69 Å². The molecule has 2 aromatic carbocycles. The number of carbonyl (C=O) groups excluding carboxylic acids is 1. The van der Waals surface area contributed by atoms with E-state index in [4.69, 9.17) is 11.6 Å². The third-order valence-corrected chi connectivity index (χ3v) is 6.19. The smallest absolute Gasteiger partial charge is 0.274 e. The third-order valence-electron chi connectivity index (χ3n) is 4.14. The number of nitrogens with zero attached hydrogens (tertiary/aromatic N) is 1. The standard InChI is InChI=1S/C21H19ClN2O3S/c1-14-6-11-19(22)16(12-14)13-28(26,27)18-9-7-17(8-10-18)24-21(25)20-5-3-4-15(2)23-20/h3-12H,13H2,1-2H3,(H,24,25). The van der Waals surface area contributed by atoms with Gasteiger partial charge in [0, 0.05) is 16.4 Å². The summed E-state index contributed by atoms with van der Waals surface area (Å²) in [6.45, 7) is 3.68. The van der Waals surface area contributed by atoms with Crippen LogP contribution in [0.3, 0.4) is 0 Å². The van der Waals surface area contributed by atoms with E-state index in [2.05, 4.69) is 10.3 Å². The van der Waals surface area contributed by atoms with E-state index in [1.807, 2.05) is 13.0 Å². The van der Waals surface area contributed by atoms with Crippen LogP contribution in [0.4, 0.5) is 5.69 Å². The number of rotatable bonds is 5. The van der Waals surface area contributed by atoms with E-state index < -0.39 is 9.84 Å². The van der Waals surface area contributed by atoms with Gasteiger partial charge in [-0.25, -0.2) is 13.4 Å². The van der Waals surface area contributed by atoms with E-state index in [-0.39, 0.29) is 16.6 Å². The van der Waals surface area contributed by atoms with Crippen molar-refractivity contribution in [1.82, 2.24) is 4.98 Å². The molecule has 0 atom stereocenters. The summed E-state index contributed by atoms with van der Waals surface area (Å²) in [6.07, 6.45) is 0. The number of benzene rings is 2. The lowest BCUT2D eigenvalue weighted by Gasteiger charge is -2.09. The molecule has 0 spiro atoms. The van der Waals surface area contributed by atoms with Crippen molar-refractivity contribution in [3.8, 4) is 0 Å². The van der Waals surface area contributed by atoms with Gasteiger partial charge in [0.05, 0.1) is 10.6 Å². The molecule has 5 nitrogen and oxygen atoms in total. The Hall–Kier alpha value is -2.70. The number of pyridine rings is 1. The average Bonchev–Trinajstić information content (AvgIpc) is 2.65. The van der Waals surface area contributed by atoms with E-state index >= 15 is 0 Å². The summed E-state index contributed by atoms with van der Waals surface area (Å²) in [5.74, 6) is -0.544. The highest BCUT2D eigenvalue weighted by molar-refractivity contribution is 7.90. The van der Waals surface area contributed by atoms with E-state index in [1.165, 1.54) is 12.1 Å². The van der Waals surface area contributed by atoms with E-state index in [9.17, 15) is 13.2 Å². The highest BCUT2D eigenvalue weighted by Crippen LogP contribution is 2.24. The molecule has 28 heavy (non-hydrogen) atoms. The molecule has 0 unspecified atom stereocenters. The van der Waals surface area contributed by atoms with Gasteiger partial charge in [0.25, 0.3) is 5.91 Å². The molecule has 0 aliphatic heterocycles. The van der Waals surface area contributed by atoms with Crippen molar-refractivity contribution in [2.45, 2.75) is 24.5 Å². The first-order chi connectivity index (χ1) is 13.2. The normalized spacial score (nSPS) is 11.2. The molecule has 0 fully saturated rings. The number of halogens is 1. The predicted octanol–water partition coefficient (Wildman–Crippen LogP) is 4.58. The van der Waals surface area contributed by atoms with Crippen LogP contribution in [-0.4, -0.2) is 19.3 Å². The fourth-order valence-corrected chi connectivity index (χ4v) is 4.34. The molecule has 0 radical (unpaired) electrons. The molecule has 3 aromatic rings. The molecule has 0 saturated heterocycles. The van der Waals surface area contributed by atoms with Crippen molar-refractivity contribution in [1.29, 1.82) is 0 Å². The summed E-state index contributed by atoms with van der Waals surface area (Å²) >= 11 is 6.12. The molecule has 144 valence electrons. The maximum absolute atomic E-state index is 12.7. The second-order valence-electron chi connectivity index (χ2n) is 6.50. The molecule has 0 aliphatic rings. The van der Waals surface area contributed by atoms with Crippen LogP contribution in [0.25, 0.3) is 0 Å². The van der Waals surface area contributed by atoms with Gasteiger partial charge in [-0.1, -0.05) is 35.4 Å². The van der Waals surface area contributed by atoms with E-state index in [1.54, 1.807) is 49.4 Å².